The Kier molecular flexibility index (Phi) is 7.23. The molecular weight excluding hydrogens is 306 g/mol. The van der Waals surface area contributed by atoms with E-state index in [1.165, 1.54) is 0 Å². The second-order valence-corrected chi connectivity index (χ2v) is 6.28. The number of carbonyl (C=O) groups excluding carboxylic acids is 1. The van der Waals surface area contributed by atoms with Gasteiger partial charge in [-0.3, -0.25) is 4.79 Å². The second kappa shape index (κ2) is 9.43. The van der Waals surface area contributed by atoms with Gasteiger partial charge < -0.3 is 10.2 Å². The minimum atomic E-state index is 0.0504. The van der Waals surface area contributed by atoms with Crippen LogP contribution in [-0.2, 0) is 11.2 Å². The average Bonchev–Trinajstić information content (AvgIpc) is 3.04. The van der Waals surface area contributed by atoms with Crippen molar-refractivity contribution in [3.8, 4) is 10.6 Å². The lowest BCUT2D eigenvalue weighted by atomic mass is 10.2. The van der Waals surface area contributed by atoms with Crippen LogP contribution in [0.3, 0.4) is 0 Å². The summed E-state index contributed by atoms with van der Waals surface area (Å²) in [5.41, 5.74) is 1.94. The molecule has 2 aromatic rings. The standard InChI is InChI=1S/C18H25N3OS/c1-3-21(4-2)12-8-11-19-17(22)13-16-14-23-18(20-16)15-9-6-5-7-10-15/h5-7,9-10,14H,3-4,8,11-13H2,1-2H3,(H,19,22). The van der Waals surface area contributed by atoms with E-state index in [9.17, 15) is 4.79 Å². The fourth-order valence-corrected chi connectivity index (χ4v) is 3.22. The van der Waals surface area contributed by atoms with Crippen LogP contribution in [0.5, 0.6) is 0 Å². The Hall–Kier alpha value is -1.72. The van der Waals surface area contributed by atoms with Crippen LogP contribution in [0.4, 0.5) is 0 Å². The van der Waals surface area contributed by atoms with E-state index in [-0.39, 0.29) is 5.91 Å². The first-order valence-electron chi connectivity index (χ1n) is 8.21. The van der Waals surface area contributed by atoms with E-state index in [1.807, 2.05) is 35.7 Å². The van der Waals surface area contributed by atoms with E-state index in [0.717, 1.165) is 48.9 Å². The van der Waals surface area contributed by atoms with Crippen LogP contribution in [0.1, 0.15) is 26.0 Å². The predicted octanol–water partition coefficient (Wildman–Crippen LogP) is 3.20. The van der Waals surface area contributed by atoms with Crippen LogP contribution in [0.15, 0.2) is 35.7 Å². The monoisotopic (exact) mass is 331 g/mol. The summed E-state index contributed by atoms with van der Waals surface area (Å²) in [7, 11) is 0. The van der Waals surface area contributed by atoms with Crippen LogP contribution >= 0.6 is 11.3 Å². The van der Waals surface area contributed by atoms with Crippen molar-refractivity contribution in [1.82, 2.24) is 15.2 Å². The topological polar surface area (TPSA) is 45.2 Å². The zero-order valence-corrected chi connectivity index (χ0v) is 14.7. The lowest BCUT2D eigenvalue weighted by Gasteiger charge is -2.17. The summed E-state index contributed by atoms with van der Waals surface area (Å²) >= 11 is 1.59. The Morgan fingerprint density at radius 3 is 2.65 bits per heavy atom. The third-order valence-corrected chi connectivity index (χ3v) is 4.72. The highest BCUT2D eigenvalue weighted by Gasteiger charge is 2.08. The van der Waals surface area contributed by atoms with Gasteiger partial charge >= 0.3 is 0 Å². The predicted molar refractivity (Wildman–Crippen MR) is 96.7 cm³/mol. The van der Waals surface area contributed by atoms with Crippen molar-refractivity contribution in [2.24, 2.45) is 0 Å². The molecule has 1 amide bonds. The van der Waals surface area contributed by atoms with Gasteiger partial charge in [0.25, 0.3) is 0 Å². The Bertz CT molecular complexity index is 593. The summed E-state index contributed by atoms with van der Waals surface area (Å²) in [4.78, 5) is 18.9. The molecule has 0 aliphatic rings. The molecule has 0 spiro atoms. The van der Waals surface area contributed by atoms with Gasteiger partial charge in [-0.25, -0.2) is 4.98 Å². The van der Waals surface area contributed by atoms with Gasteiger partial charge in [-0.15, -0.1) is 11.3 Å². The number of benzene rings is 1. The molecule has 1 aromatic carbocycles. The van der Waals surface area contributed by atoms with Gasteiger partial charge in [0.2, 0.25) is 5.91 Å². The first-order valence-corrected chi connectivity index (χ1v) is 9.09. The molecule has 0 fully saturated rings. The van der Waals surface area contributed by atoms with Crippen LogP contribution < -0.4 is 5.32 Å². The summed E-state index contributed by atoms with van der Waals surface area (Å²) in [5.74, 6) is 0.0504. The zero-order valence-electron chi connectivity index (χ0n) is 13.9. The van der Waals surface area contributed by atoms with Gasteiger partial charge in [0, 0.05) is 17.5 Å². The second-order valence-electron chi connectivity index (χ2n) is 5.42. The zero-order chi connectivity index (χ0) is 16.5. The molecule has 1 aromatic heterocycles. The van der Waals surface area contributed by atoms with Crippen molar-refractivity contribution < 1.29 is 4.79 Å². The summed E-state index contributed by atoms with van der Waals surface area (Å²) in [6, 6.07) is 10.1. The highest BCUT2D eigenvalue weighted by atomic mass is 32.1. The number of thiazole rings is 1. The molecule has 23 heavy (non-hydrogen) atoms. The molecule has 0 aliphatic heterocycles. The largest absolute Gasteiger partial charge is 0.356 e. The Balaban J connectivity index is 1.75. The first kappa shape index (κ1) is 17.6. The van der Waals surface area contributed by atoms with E-state index in [1.54, 1.807) is 11.3 Å². The van der Waals surface area contributed by atoms with Crippen LogP contribution in [0.25, 0.3) is 10.6 Å². The number of nitrogens with zero attached hydrogens (tertiary/aromatic N) is 2. The van der Waals surface area contributed by atoms with Crippen molar-refractivity contribution in [3.05, 3.63) is 41.4 Å². The summed E-state index contributed by atoms with van der Waals surface area (Å²) in [6.45, 7) is 8.20. The van der Waals surface area contributed by atoms with Crippen LogP contribution in [0, 0.1) is 0 Å². The van der Waals surface area contributed by atoms with Crippen molar-refractivity contribution in [2.45, 2.75) is 26.7 Å². The smallest absolute Gasteiger partial charge is 0.226 e. The molecule has 4 nitrogen and oxygen atoms in total. The van der Waals surface area contributed by atoms with E-state index < -0.39 is 0 Å². The maximum atomic E-state index is 12.0. The normalized spacial score (nSPS) is 10.9. The van der Waals surface area contributed by atoms with Gasteiger partial charge in [0.15, 0.2) is 0 Å². The van der Waals surface area contributed by atoms with Crippen LogP contribution in [0.2, 0.25) is 0 Å². The molecule has 1 N–H and O–H groups in total. The molecule has 1 heterocycles. The van der Waals surface area contributed by atoms with Crippen LogP contribution in [-0.4, -0.2) is 42.0 Å². The summed E-state index contributed by atoms with van der Waals surface area (Å²) in [6.07, 6.45) is 1.34. The fraction of sp³-hybridized carbons (Fsp3) is 0.444. The minimum absolute atomic E-state index is 0.0504. The number of nitrogens with one attached hydrogen (secondary N) is 1. The number of hydrogen-bond donors (Lipinski definition) is 1. The molecule has 124 valence electrons. The molecule has 0 radical (unpaired) electrons. The number of aromatic nitrogens is 1. The molecule has 5 heteroatoms. The van der Waals surface area contributed by atoms with Gasteiger partial charge in [-0.1, -0.05) is 44.2 Å². The van der Waals surface area contributed by atoms with E-state index in [0.29, 0.717) is 6.42 Å². The molecule has 0 saturated heterocycles. The van der Waals surface area contributed by atoms with E-state index in [4.69, 9.17) is 0 Å². The summed E-state index contributed by atoms with van der Waals surface area (Å²) < 4.78 is 0. The maximum absolute atomic E-state index is 12.0. The molecule has 0 saturated carbocycles. The van der Waals surface area contributed by atoms with Crippen molar-refractivity contribution >= 4 is 17.2 Å². The summed E-state index contributed by atoms with van der Waals surface area (Å²) in [5, 5.41) is 5.92. The van der Waals surface area contributed by atoms with E-state index in [2.05, 4.69) is 29.0 Å². The van der Waals surface area contributed by atoms with Gasteiger partial charge in [-0.05, 0) is 26.1 Å². The van der Waals surface area contributed by atoms with Crippen molar-refractivity contribution in [3.63, 3.8) is 0 Å². The fourth-order valence-electron chi connectivity index (χ4n) is 2.40. The third kappa shape index (κ3) is 5.77. The molecule has 0 unspecified atom stereocenters. The van der Waals surface area contributed by atoms with Crippen molar-refractivity contribution in [1.29, 1.82) is 0 Å². The maximum Gasteiger partial charge on any atom is 0.226 e. The highest BCUT2D eigenvalue weighted by molar-refractivity contribution is 7.13. The average molecular weight is 331 g/mol. The quantitative estimate of drug-likeness (QED) is 0.718. The number of hydrogen-bond acceptors (Lipinski definition) is 4. The molecular formula is C18H25N3OS. The number of amides is 1. The molecule has 0 bridgehead atoms. The van der Waals surface area contributed by atoms with Gasteiger partial charge in [0.05, 0.1) is 12.1 Å². The van der Waals surface area contributed by atoms with Gasteiger partial charge in [-0.2, -0.15) is 0 Å². The lowest BCUT2D eigenvalue weighted by molar-refractivity contribution is -0.120. The van der Waals surface area contributed by atoms with E-state index >= 15 is 0 Å². The minimum Gasteiger partial charge on any atom is -0.356 e. The first-order chi connectivity index (χ1) is 11.2. The number of rotatable bonds is 9. The number of carbonyl (C=O) groups is 1. The SMILES string of the molecule is CCN(CC)CCCNC(=O)Cc1csc(-c2ccccc2)n1. The lowest BCUT2D eigenvalue weighted by Crippen LogP contribution is -2.30. The Morgan fingerprint density at radius 1 is 1.22 bits per heavy atom. The van der Waals surface area contributed by atoms with Crippen molar-refractivity contribution in [2.75, 3.05) is 26.2 Å². The third-order valence-electron chi connectivity index (χ3n) is 3.78. The molecule has 0 aliphatic carbocycles. The molecule has 2 rings (SSSR count). The van der Waals surface area contributed by atoms with Gasteiger partial charge in [0.1, 0.15) is 5.01 Å². The Labute approximate surface area is 142 Å². The highest BCUT2D eigenvalue weighted by Crippen LogP contribution is 2.23. The molecule has 0 atom stereocenters. The Morgan fingerprint density at radius 2 is 1.96 bits per heavy atom.